The highest BCUT2D eigenvalue weighted by molar-refractivity contribution is 14.0. The van der Waals surface area contributed by atoms with Crippen LogP contribution in [-0.4, -0.2) is 74.8 Å². The first kappa shape index (κ1) is 23.9. The molecular weight excluding hydrogens is 471 g/mol. The number of hydrogen-bond acceptors (Lipinski definition) is 4. The zero-order chi connectivity index (χ0) is 19.5. The highest BCUT2D eigenvalue weighted by Crippen LogP contribution is 2.12. The Morgan fingerprint density at radius 2 is 1.86 bits per heavy atom. The van der Waals surface area contributed by atoms with E-state index in [2.05, 4.69) is 21.1 Å². The fourth-order valence-electron chi connectivity index (χ4n) is 2.84. The van der Waals surface area contributed by atoms with E-state index in [1.165, 1.54) is 5.56 Å². The summed E-state index contributed by atoms with van der Waals surface area (Å²) < 4.78 is 10.4. The maximum absolute atomic E-state index is 11.8. The second-order valence-electron chi connectivity index (χ2n) is 6.03. The number of hydrogen-bond donors (Lipinski definition) is 1. The van der Waals surface area contributed by atoms with Crippen LogP contribution in [0.15, 0.2) is 29.3 Å². The predicted molar refractivity (Wildman–Crippen MR) is 121 cm³/mol. The molecule has 1 aliphatic rings. The van der Waals surface area contributed by atoms with Crippen LogP contribution in [0.2, 0.25) is 0 Å². The molecule has 8 heteroatoms. The monoisotopic (exact) mass is 500 g/mol. The Morgan fingerprint density at radius 3 is 2.43 bits per heavy atom. The van der Waals surface area contributed by atoms with Gasteiger partial charge in [-0.3, -0.25) is 4.99 Å². The van der Waals surface area contributed by atoms with Gasteiger partial charge in [-0.25, -0.2) is 4.79 Å². The summed E-state index contributed by atoms with van der Waals surface area (Å²) in [6.07, 6.45) is 5.82. The van der Waals surface area contributed by atoms with E-state index in [-0.39, 0.29) is 36.7 Å². The van der Waals surface area contributed by atoms with Gasteiger partial charge >= 0.3 is 6.09 Å². The van der Waals surface area contributed by atoms with Crippen molar-refractivity contribution in [1.29, 1.82) is 0 Å². The number of ether oxygens (including phenoxy) is 2. The molecular formula is C20H29IN4O3. The normalized spacial score (nSPS) is 14.0. The Kier molecular flexibility index (Phi) is 11.2. The Labute approximate surface area is 184 Å². The average Bonchev–Trinajstić information content (AvgIpc) is 2.71. The molecule has 28 heavy (non-hydrogen) atoms. The zero-order valence-electron chi connectivity index (χ0n) is 16.5. The third kappa shape index (κ3) is 7.46. The van der Waals surface area contributed by atoms with E-state index in [1.807, 2.05) is 31.2 Å². The highest BCUT2D eigenvalue weighted by Gasteiger charge is 2.23. The van der Waals surface area contributed by atoms with Crippen molar-refractivity contribution in [2.75, 3.05) is 53.0 Å². The van der Waals surface area contributed by atoms with E-state index in [0.717, 1.165) is 37.8 Å². The van der Waals surface area contributed by atoms with Gasteiger partial charge in [0.05, 0.1) is 6.61 Å². The number of piperazine rings is 1. The van der Waals surface area contributed by atoms with Gasteiger partial charge in [0.1, 0.15) is 12.4 Å². The van der Waals surface area contributed by atoms with Gasteiger partial charge in [-0.1, -0.05) is 18.1 Å². The number of guanidine groups is 1. The Hall–Kier alpha value is -2.15. The first-order chi connectivity index (χ1) is 13.2. The van der Waals surface area contributed by atoms with Crippen LogP contribution >= 0.6 is 24.0 Å². The van der Waals surface area contributed by atoms with Crippen LogP contribution in [0.25, 0.3) is 0 Å². The molecule has 2 rings (SSSR count). The molecule has 1 aromatic rings. The van der Waals surface area contributed by atoms with E-state index in [0.29, 0.717) is 19.7 Å². The Balaban J connectivity index is 0.00000392. The molecule has 1 amide bonds. The minimum absolute atomic E-state index is 0. The fraction of sp³-hybridized carbons (Fsp3) is 0.500. The first-order valence-corrected chi connectivity index (χ1v) is 9.20. The minimum atomic E-state index is -0.241. The molecule has 1 aliphatic heterocycles. The fourth-order valence-corrected chi connectivity index (χ4v) is 2.84. The van der Waals surface area contributed by atoms with Crippen molar-refractivity contribution in [3.8, 4) is 18.1 Å². The maximum atomic E-state index is 11.8. The number of nitrogens with zero attached hydrogens (tertiary/aromatic N) is 3. The number of amides is 1. The molecule has 0 spiro atoms. The molecule has 0 saturated carbocycles. The zero-order valence-corrected chi connectivity index (χ0v) is 18.8. The number of nitrogens with one attached hydrogen (secondary N) is 1. The average molecular weight is 500 g/mol. The molecule has 0 aromatic heterocycles. The smallest absolute Gasteiger partial charge is 0.409 e. The number of terminal acetylenes is 1. The number of halogens is 1. The van der Waals surface area contributed by atoms with Crippen molar-refractivity contribution in [3.05, 3.63) is 29.8 Å². The van der Waals surface area contributed by atoms with Gasteiger partial charge in [-0.05, 0) is 31.0 Å². The van der Waals surface area contributed by atoms with Crippen LogP contribution in [0.3, 0.4) is 0 Å². The van der Waals surface area contributed by atoms with E-state index >= 15 is 0 Å². The molecule has 0 unspecified atom stereocenters. The van der Waals surface area contributed by atoms with Crippen LogP contribution in [0.5, 0.6) is 5.75 Å². The lowest BCUT2D eigenvalue weighted by Gasteiger charge is -2.35. The lowest BCUT2D eigenvalue weighted by molar-refractivity contribution is 0.0915. The third-order valence-corrected chi connectivity index (χ3v) is 4.26. The summed E-state index contributed by atoms with van der Waals surface area (Å²) >= 11 is 0. The van der Waals surface area contributed by atoms with Crippen molar-refractivity contribution in [3.63, 3.8) is 0 Å². The molecule has 0 bridgehead atoms. The number of carbonyl (C=O) groups is 1. The lowest BCUT2D eigenvalue weighted by atomic mass is 10.1. The van der Waals surface area contributed by atoms with Gasteiger partial charge in [0.25, 0.3) is 0 Å². The maximum Gasteiger partial charge on any atom is 0.409 e. The van der Waals surface area contributed by atoms with E-state index in [9.17, 15) is 4.79 Å². The molecule has 1 aromatic carbocycles. The third-order valence-electron chi connectivity index (χ3n) is 4.26. The number of aliphatic imine (C=N–C) groups is 1. The molecule has 0 aliphatic carbocycles. The van der Waals surface area contributed by atoms with Crippen LogP contribution in [-0.2, 0) is 11.2 Å². The van der Waals surface area contributed by atoms with Gasteiger partial charge in [-0.2, -0.15) is 0 Å². The van der Waals surface area contributed by atoms with Crippen molar-refractivity contribution in [1.82, 2.24) is 15.1 Å². The van der Waals surface area contributed by atoms with Gasteiger partial charge in [-0.15, -0.1) is 30.4 Å². The summed E-state index contributed by atoms with van der Waals surface area (Å²) in [6.45, 7) is 6.02. The number of benzene rings is 1. The summed E-state index contributed by atoms with van der Waals surface area (Å²) in [5.74, 6) is 4.08. The molecule has 0 atom stereocenters. The molecule has 1 N–H and O–H groups in total. The SMILES string of the molecule is C#CCOc1ccc(CCNC(=NC)N2CCN(C(=O)OCC)CC2)cc1.I. The van der Waals surface area contributed by atoms with Gasteiger partial charge in [0.2, 0.25) is 0 Å². The predicted octanol–water partition coefficient (Wildman–Crippen LogP) is 2.21. The van der Waals surface area contributed by atoms with Crippen LogP contribution in [0, 0.1) is 12.3 Å². The van der Waals surface area contributed by atoms with E-state index in [1.54, 1.807) is 11.9 Å². The molecule has 1 saturated heterocycles. The lowest BCUT2D eigenvalue weighted by Crippen LogP contribution is -2.54. The second-order valence-corrected chi connectivity index (χ2v) is 6.03. The van der Waals surface area contributed by atoms with Crippen molar-refractivity contribution in [2.24, 2.45) is 4.99 Å². The van der Waals surface area contributed by atoms with Crippen molar-refractivity contribution >= 4 is 36.0 Å². The molecule has 154 valence electrons. The van der Waals surface area contributed by atoms with Gasteiger partial charge in [0.15, 0.2) is 5.96 Å². The van der Waals surface area contributed by atoms with Crippen molar-refractivity contribution in [2.45, 2.75) is 13.3 Å². The standard InChI is InChI=1S/C20H28N4O3.HI/c1-4-16-27-18-8-6-17(7-9-18)10-11-22-19(21-3)23-12-14-24(15-13-23)20(25)26-5-2;/h1,6-9H,5,10-16H2,2-3H3,(H,21,22);1H. The van der Waals surface area contributed by atoms with Crippen LogP contribution in [0.1, 0.15) is 12.5 Å². The largest absolute Gasteiger partial charge is 0.481 e. The first-order valence-electron chi connectivity index (χ1n) is 9.20. The highest BCUT2D eigenvalue weighted by atomic mass is 127. The van der Waals surface area contributed by atoms with E-state index in [4.69, 9.17) is 15.9 Å². The quantitative estimate of drug-likeness (QED) is 0.281. The van der Waals surface area contributed by atoms with E-state index < -0.39 is 0 Å². The molecule has 1 heterocycles. The van der Waals surface area contributed by atoms with Gasteiger partial charge in [0, 0.05) is 39.8 Å². The summed E-state index contributed by atoms with van der Waals surface area (Å²) in [7, 11) is 1.78. The van der Waals surface area contributed by atoms with Gasteiger partial charge < -0.3 is 24.6 Å². The molecule has 0 radical (unpaired) electrons. The Morgan fingerprint density at radius 1 is 1.21 bits per heavy atom. The summed E-state index contributed by atoms with van der Waals surface area (Å²) in [4.78, 5) is 20.0. The topological polar surface area (TPSA) is 66.4 Å². The van der Waals surface area contributed by atoms with Crippen molar-refractivity contribution < 1.29 is 14.3 Å². The van der Waals surface area contributed by atoms with Crippen LogP contribution < -0.4 is 10.1 Å². The molecule has 7 nitrogen and oxygen atoms in total. The summed E-state index contributed by atoms with van der Waals surface area (Å²) in [6, 6.07) is 7.93. The number of carbonyl (C=O) groups excluding carboxylic acids is 1. The molecule has 1 fully saturated rings. The summed E-state index contributed by atoms with van der Waals surface area (Å²) in [5, 5.41) is 3.39. The minimum Gasteiger partial charge on any atom is -0.481 e. The second kappa shape index (κ2) is 13.1. The Bertz CT molecular complexity index is 665. The van der Waals surface area contributed by atoms with Crippen LogP contribution in [0.4, 0.5) is 4.79 Å². The summed E-state index contributed by atoms with van der Waals surface area (Å²) in [5.41, 5.74) is 1.21. The number of rotatable bonds is 6.